The van der Waals surface area contributed by atoms with Gasteiger partial charge in [-0.25, -0.2) is 9.59 Å². The normalized spacial score (nSPS) is 20.6. The molecule has 12 nitrogen and oxygen atoms in total. The predicted octanol–water partition coefficient (Wildman–Crippen LogP) is 5.07. The van der Waals surface area contributed by atoms with Crippen LogP contribution in [0.15, 0.2) is 45.3 Å². The fourth-order valence-electron chi connectivity index (χ4n) is 7.79. The van der Waals surface area contributed by atoms with Crippen molar-refractivity contribution in [1.29, 1.82) is 0 Å². The summed E-state index contributed by atoms with van der Waals surface area (Å²) >= 11 is 6.77. The second kappa shape index (κ2) is 15.3. The van der Waals surface area contributed by atoms with Crippen molar-refractivity contribution < 1.29 is 29.0 Å². The number of hydrogen-bond donors (Lipinski definition) is 3. The molecule has 0 aliphatic carbocycles. The number of amides is 5. The lowest BCUT2D eigenvalue weighted by molar-refractivity contribution is -0.162. The van der Waals surface area contributed by atoms with Gasteiger partial charge >= 0.3 is 18.0 Å². The highest BCUT2D eigenvalue weighted by atomic mass is 79.9. The van der Waals surface area contributed by atoms with Crippen LogP contribution in [-0.4, -0.2) is 113 Å². The van der Waals surface area contributed by atoms with E-state index in [4.69, 9.17) is 4.74 Å². The van der Waals surface area contributed by atoms with Crippen LogP contribution in [0.25, 0.3) is 0 Å². The highest BCUT2D eigenvalue weighted by Gasteiger charge is 2.48. The zero-order valence-corrected chi connectivity index (χ0v) is 30.9. The molecule has 4 heterocycles. The van der Waals surface area contributed by atoms with Gasteiger partial charge in [-0.2, -0.15) is 0 Å². The molecular weight excluding hydrogens is 760 g/mol. The molecule has 4 aliphatic rings. The van der Waals surface area contributed by atoms with Gasteiger partial charge in [0.2, 0.25) is 5.91 Å². The number of nitrogens with zero attached hydrogens (tertiary/aromatic N) is 4. The van der Waals surface area contributed by atoms with Crippen molar-refractivity contribution in [1.82, 2.24) is 24.9 Å². The molecular formula is C35H44Br2N6O6. The van der Waals surface area contributed by atoms with E-state index in [9.17, 15) is 24.3 Å². The number of esters is 1. The minimum atomic E-state index is -0.876. The number of phenolic OH excluding ortho intramolecular Hbond substituents is 1. The monoisotopic (exact) mass is 802 g/mol. The highest BCUT2D eigenvalue weighted by molar-refractivity contribution is 9.11. The summed E-state index contributed by atoms with van der Waals surface area (Å²) in [5.74, 6) is -0.415. The summed E-state index contributed by atoms with van der Waals surface area (Å²) in [6.07, 6.45) is 5.58. The molecule has 0 bridgehead atoms. The lowest BCUT2D eigenvalue weighted by Crippen LogP contribution is -2.63. The molecule has 264 valence electrons. The van der Waals surface area contributed by atoms with Crippen LogP contribution < -0.4 is 10.6 Å². The van der Waals surface area contributed by atoms with Gasteiger partial charge in [-0.05, 0) is 113 Å². The van der Waals surface area contributed by atoms with E-state index >= 15 is 0 Å². The Morgan fingerprint density at radius 1 is 0.980 bits per heavy atom. The first-order valence-electron chi connectivity index (χ1n) is 17.1. The second-order valence-electron chi connectivity index (χ2n) is 13.4. The first-order valence-corrected chi connectivity index (χ1v) is 18.7. The molecule has 2 aromatic rings. The third-order valence-electron chi connectivity index (χ3n) is 10.6. The number of piperidine rings is 3. The van der Waals surface area contributed by atoms with Crippen molar-refractivity contribution in [2.45, 2.75) is 75.5 Å². The molecule has 4 aliphatic heterocycles. The minimum absolute atomic E-state index is 0.00939. The van der Waals surface area contributed by atoms with Crippen LogP contribution in [-0.2, 0) is 27.3 Å². The largest absolute Gasteiger partial charge is 0.506 e. The molecule has 0 radical (unpaired) electrons. The van der Waals surface area contributed by atoms with Crippen molar-refractivity contribution in [2.24, 2.45) is 0 Å². The standard InChI is InChI=1S/C35H44Br2N6O6/c1-49-32(46)35(42-13-5-2-6-14-42)11-17-40(18-12-35)31(45)29(21-23-19-26(36)30(44)27(37)20-23)39-33(47)41-15-9-25(10-16-41)43-22-24-7-3-4-8-28(24)38-34(43)48/h3-4,7-8,19-20,25,29,44H,2,5-6,9-18,21-22H2,1H3,(H,38,48)(H,39,47)/t29-/m1/s1. The van der Waals surface area contributed by atoms with Gasteiger partial charge in [-0.1, -0.05) is 24.6 Å². The third kappa shape index (κ3) is 7.56. The molecule has 6 rings (SSSR count). The number of benzene rings is 2. The molecule has 0 unspecified atom stereocenters. The summed E-state index contributed by atoms with van der Waals surface area (Å²) in [7, 11) is 1.42. The topological polar surface area (TPSA) is 135 Å². The molecule has 5 amide bonds. The van der Waals surface area contributed by atoms with Crippen molar-refractivity contribution in [3.05, 3.63) is 56.5 Å². The van der Waals surface area contributed by atoms with Crippen molar-refractivity contribution in [3.8, 4) is 5.75 Å². The van der Waals surface area contributed by atoms with E-state index in [0.29, 0.717) is 67.4 Å². The summed E-state index contributed by atoms with van der Waals surface area (Å²) in [6.45, 7) is 3.81. The van der Waals surface area contributed by atoms with Crippen LogP contribution in [0.3, 0.4) is 0 Å². The molecule has 0 aromatic heterocycles. The molecule has 14 heteroatoms. The number of halogens is 2. The number of ether oxygens (including phenoxy) is 1. The van der Waals surface area contributed by atoms with Crippen molar-refractivity contribution in [3.63, 3.8) is 0 Å². The van der Waals surface area contributed by atoms with Gasteiger partial charge in [-0.15, -0.1) is 0 Å². The zero-order chi connectivity index (χ0) is 34.7. The number of rotatable bonds is 7. The average Bonchev–Trinajstić information content (AvgIpc) is 3.13. The summed E-state index contributed by atoms with van der Waals surface area (Å²) in [6, 6.07) is 9.92. The Morgan fingerprint density at radius 3 is 2.29 bits per heavy atom. The van der Waals surface area contributed by atoms with Crippen LogP contribution in [0, 0.1) is 0 Å². The van der Waals surface area contributed by atoms with Crippen molar-refractivity contribution >= 4 is 61.5 Å². The number of likely N-dealkylation sites (tertiary alicyclic amines) is 3. The molecule has 0 spiro atoms. The molecule has 3 N–H and O–H groups in total. The quantitative estimate of drug-likeness (QED) is 0.333. The fraction of sp³-hybridized carbons (Fsp3) is 0.543. The van der Waals surface area contributed by atoms with E-state index in [0.717, 1.165) is 49.2 Å². The number of nitrogens with one attached hydrogen (secondary N) is 2. The van der Waals surface area contributed by atoms with Crippen molar-refractivity contribution in [2.75, 3.05) is 51.7 Å². The number of carbonyl (C=O) groups excluding carboxylic acids is 4. The van der Waals surface area contributed by atoms with Gasteiger partial charge in [0, 0.05) is 50.9 Å². The lowest BCUT2D eigenvalue weighted by Gasteiger charge is -2.48. The van der Waals surface area contributed by atoms with E-state index in [-0.39, 0.29) is 42.2 Å². The van der Waals surface area contributed by atoms with Crippen LogP contribution in [0.2, 0.25) is 0 Å². The smallest absolute Gasteiger partial charge is 0.326 e. The Balaban J connectivity index is 1.13. The van der Waals surface area contributed by atoms with Gasteiger partial charge in [0.1, 0.15) is 17.3 Å². The van der Waals surface area contributed by atoms with E-state index in [1.54, 1.807) is 21.9 Å². The molecule has 49 heavy (non-hydrogen) atoms. The predicted molar refractivity (Wildman–Crippen MR) is 191 cm³/mol. The molecule has 1 atom stereocenters. The zero-order valence-electron chi connectivity index (χ0n) is 27.8. The molecule has 3 saturated heterocycles. The number of methoxy groups -OCH3 is 1. The number of aromatic hydroxyl groups is 1. The summed E-state index contributed by atoms with van der Waals surface area (Å²) < 4.78 is 6.24. The highest BCUT2D eigenvalue weighted by Crippen LogP contribution is 2.35. The number of phenols is 1. The van der Waals surface area contributed by atoms with Gasteiger partial charge in [0.15, 0.2) is 0 Å². The number of hydrogen-bond acceptors (Lipinski definition) is 7. The van der Waals surface area contributed by atoms with Crippen LogP contribution in [0.1, 0.15) is 56.1 Å². The Hall–Kier alpha value is -3.36. The van der Waals surface area contributed by atoms with Gasteiger partial charge in [-0.3, -0.25) is 14.5 Å². The van der Waals surface area contributed by atoms with Gasteiger partial charge < -0.3 is 35.2 Å². The van der Waals surface area contributed by atoms with Crippen LogP contribution in [0.5, 0.6) is 5.75 Å². The first kappa shape index (κ1) is 35.5. The van der Waals surface area contributed by atoms with E-state index in [1.807, 2.05) is 29.2 Å². The Labute approximate surface area is 303 Å². The number of fused-ring (bicyclic) bond motifs is 1. The number of urea groups is 2. The summed E-state index contributed by atoms with van der Waals surface area (Å²) in [4.78, 5) is 61.6. The van der Waals surface area contributed by atoms with Gasteiger partial charge in [0.25, 0.3) is 0 Å². The first-order chi connectivity index (χ1) is 23.6. The number of anilines is 1. The third-order valence-corrected chi connectivity index (χ3v) is 11.8. The summed E-state index contributed by atoms with van der Waals surface area (Å²) in [5.41, 5.74) is 1.89. The molecule has 3 fully saturated rings. The minimum Gasteiger partial charge on any atom is -0.506 e. The maximum absolute atomic E-state index is 14.2. The Morgan fingerprint density at radius 2 is 1.63 bits per heavy atom. The Bertz CT molecular complexity index is 1550. The van der Waals surface area contributed by atoms with E-state index in [2.05, 4.69) is 47.4 Å². The van der Waals surface area contributed by atoms with Gasteiger partial charge in [0.05, 0.1) is 16.1 Å². The number of carbonyl (C=O) groups is 4. The maximum atomic E-state index is 14.2. The molecule has 2 aromatic carbocycles. The SMILES string of the molecule is COC(=O)C1(N2CCCCC2)CCN(C(=O)[C@@H](Cc2cc(Br)c(O)c(Br)c2)NC(=O)N2CCC(N3Cc4ccccc4NC3=O)CC2)CC1. The van der Waals surface area contributed by atoms with E-state index in [1.165, 1.54) is 7.11 Å². The van der Waals surface area contributed by atoms with Crippen LogP contribution >= 0.6 is 31.9 Å². The van der Waals surface area contributed by atoms with E-state index < -0.39 is 11.6 Å². The van der Waals surface area contributed by atoms with Crippen LogP contribution in [0.4, 0.5) is 15.3 Å². The average molecular weight is 805 g/mol. The Kier molecular flexibility index (Phi) is 11.0. The second-order valence-corrected chi connectivity index (χ2v) is 15.2. The molecule has 0 saturated carbocycles. The fourth-order valence-corrected chi connectivity index (χ4v) is 9.07. The lowest BCUT2D eigenvalue weighted by atomic mass is 9.83. The number of para-hydroxylation sites is 1. The summed E-state index contributed by atoms with van der Waals surface area (Å²) in [5, 5.41) is 16.3. The maximum Gasteiger partial charge on any atom is 0.326 e.